The fourth-order valence-corrected chi connectivity index (χ4v) is 5.34. The molecule has 202 valence electrons. The van der Waals surface area contributed by atoms with Gasteiger partial charge in [0.05, 0.1) is 30.1 Å². The Hall–Kier alpha value is -3.21. The summed E-state index contributed by atoms with van der Waals surface area (Å²) in [5.74, 6) is -2.50. The fourth-order valence-electron chi connectivity index (χ4n) is 4.46. The molecule has 10 heteroatoms. The van der Waals surface area contributed by atoms with Crippen LogP contribution in [0.3, 0.4) is 0 Å². The topological polar surface area (TPSA) is 89.6 Å². The molecule has 0 bridgehead atoms. The zero-order valence-electron chi connectivity index (χ0n) is 21.3. The molecular weight excluding hydrogens is 512 g/mol. The minimum Gasteiger partial charge on any atom is -0.381 e. The van der Waals surface area contributed by atoms with Crippen molar-refractivity contribution in [3.63, 3.8) is 0 Å². The fraction of sp³-hybridized carbons (Fsp3) is 0.393. The van der Waals surface area contributed by atoms with E-state index in [2.05, 4.69) is 15.6 Å². The summed E-state index contributed by atoms with van der Waals surface area (Å²) in [7, 11) is 1.75. The van der Waals surface area contributed by atoms with Crippen LogP contribution < -0.4 is 10.6 Å². The lowest BCUT2D eigenvalue weighted by Crippen LogP contribution is -2.42. The average Bonchev–Trinajstić information content (AvgIpc) is 3.35. The molecule has 0 saturated heterocycles. The van der Waals surface area contributed by atoms with Gasteiger partial charge in [-0.2, -0.15) is 0 Å². The number of carbonyl (C=O) groups excluding carboxylic acids is 2. The van der Waals surface area contributed by atoms with E-state index >= 15 is 0 Å². The molecule has 0 aliphatic heterocycles. The molecule has 1 aliphatic carbocycles. The van der Waals surface area contributed by atoms with Crippen molar-refractivity contribution in [1.82, 2.24) is 10.3 Å². The van der Waals surface area contributed by atoms with Crippen LogP contribution in [-0.2, 0) is 32.1 Å². The van der Waals surface area contributed by atoms with E-state index in [1.54, 1.807) is 13.3 Å². The Bertz CT molecular complexity index is 1240. The van der Waals surface area contributed by atoms with Crippen LogP contribution in [0.2, 0.25) is 0 Å². The third-order valence-electron chi connectivity index (χ3n) is 6.51. The number of rotatable bonds is 10. The van der Waals surface area contributed by atoms with Crippen molar-refractivity contribution in [3.8, 4) is 10.4 Å². The molecule has 1 saturated carbocycles. The van der Waals surface area contributed by atoms with E-state index in [0.717, 1.165) is 59.9 Å². The maximum atomic E-state index is 13.4. The highest BCUT2D eigenvalue weighted by Gasteiger charge is 2.22. The Morgan fingerprint density at radius 2 is 1.76 bits per heavy atom. The quantitative estimate of drug-likeness (QED) is 0.365. The van der Waals surface area contributed by atoms with Crippen molar-refractivity contribution in [3.05, 3.63) is 71.4 Å². The van der Waals surface area contributed by atoms with Crippen LogP contribution in [-0.4, -0.2) is 42.2 Å². The third kappa shape index (κ3) is 7.66. The number of methoxy groups -OCH3 is 1. The van der Waals surface area contributed by atoms with Gasteiger partial charge >= 0.3 is 0 Å². The van der Waals surface area contributed by atoms with Gasteiger partial charge in [0.25, 0.3) is 0 Å². The standard InChI is InChI=1S/C28H31F2N3O4S/c1-17(32-26(34)13-18-11-20(29)14-21(30)12-18)27(35)33-28-31-15-25(38-28)24-6-4-3-5-19(24)16-37-23-9-7-22(36-2)8-10-23/h3-6,11-12,14-15,17,22-23H,7-10,13,16H2,1-2H3,(H,32,34)(H,31,33,35)/t17-,22?,23?/m0/s1. The van der Waals surface area contributed by atoms with Gasteiger partial charge in [0, 0.05) is 19.4 Å². The first-order valence-corrected chi connectivity index (χ1v) is 13.4. The van der Waals surface area contributed by atoms with E-state index in [1.165, 1.54) is 18.3 Å². The van der Waals surface area contributed by atoms with Gasteiger partial charge in [0.15, 0.2) is 5.13 Å². The summed E-state index contributed by atoms with van der Waals surface area (Å²) >= 11 is 1.32. The van der Waals surface area contributed by atoms with Crippen LogP contribution in [0.25, 0.3) is 10.4 Å². The van der Waals surface area contributed by atoms with Gasteiger partial charge < -0.3 is 20.1 Å². The van der Waals surface area contributed by atoms with Gasteiger partial charge in [-0.1, -0.05) is 35.6 Å². The lowest BCUT2D eigenvalue weighted by molar-refractivity contribution is -0.125. The number of anilines is 1. The summed E-state index contributed by atoms with van der Waals surface area (Å²) in [5.41, 5.74) is 2.21. The monoisotopic (exact) mass is 543 g/mol. The van der Waals surface area contributed by atoms with Crippen molar-refractivity contribution >= 4 is 28.3 Å². The number of thiazole rings is 1. The minimum atomic E-state index is -0.873. The van der Waals surface area contributed by atoms with Crippen LogP contribution in [0.1, 0.15) is 43.7 Å². The molecule has 2 N–H and O–H groups in total. The summed E-state index contributed by atoms with van der Waals surface area (Å²) in [6.07, 6.45) is 5.94. The molecule has 0 radical (unpaired) electrons. The number of benzene rings is 2. The number of halogens is 2. The van der Waals surface area contributed by atoms with Gasteiger partial charge in [0.1, 0.15) is 17.7 Å². The predicted molar refractivity (Wildman–Crippen MR) is 142 cm³/mol. The molecule has 0 spiro atoms. The first kappa shape index (κ1) is 27.8. The molecule has 2 aromatic carbocycles. The van der Waals surface area contributed by atoms with Crippen molar-refractivity contribution in [1.29, 1.82) is 0 Å². The zero-order valence-corrected chi connectivity index (χ0v) is 22.2. The van der Waals surface area contributed by atoms with Crippen LogP contribution in [0, 0.1) is 11.6 Å². The van der Waals surface area contributed by atoms with E-state index < -0.39 is 29.5 Å². The lowest BCUT2D eigenvalue weighted by Gasteiger charge is -2.27. The van der Waals surface area contributed by atoms with Gasteiger partial charge in [-0.25, -0.2) is 13.8 Å². The van der Waals surface area contributed by atoms with Crippen LogP contribution in [0.15, 0.2) is 48.7 Å². The zero-order chi connectivity index (χ0) is 27.1. The molecule has 38 heavy (non-hydrogen) atoms. The van der Waals surface area contributed by atoms with E-state index in [4.69, 9.17) is 9.47 Å². The molecule has 1 aromatic heterocycles. The van der Waals surface area contributed by atoms with Gasteiger partial charge in [-0.3, -0.25) is 9.59 Å². The average molecular weight is 544 g/mol. The lowest BCUT2D eigenvalue weighted by atomic mass is 9.95. The highest BCUT2D eigenvalue weighted by atomic mass is 32.1. The Balaban J connectivity index is 1.31. The Kier molecular flexibility index (Phi) is 9.54. The molecule has 1 heterocycles. The van der Waals surface area contributed by atoms with Crippen molar-refractivity contribution in [2.45, 2.75) is 63.9 Å². The largest absolute Gasteiger partial charge is 0.381 e. The van der Waals surface area contributed by atoms with Crippen LogP contribution in [0.5, 0.6) is 0 Å². The Morgan fingerprint density at radius 1 is 1.08 bits per heavy atom. The number of aromatic nitrogens is 1. The molecule has 1 fully saturated rings. The minimum absolute atomic E-state index is 0.183. The summed E-state index contributed by atoms with van der Waals surface area (Å²) in [5, 5.41) is 5.66. The Labute approximate surface area is 224 Å². The smallest absolute Gasteiger partial charge is 0.248 e. The number of carbonyl (C=O) groups is 2. The van der Waals surface area contributed by atoms with Gasteiger partial charge in [-0.15, -0.1) is 0 Å². The molecule has 1 atom stereocenters. The third-order valence-corrected chi connectivity index (χ3v) is 7.45. The summed E-state index contributed by atoms with van der Waals surface area (Å²) in [4.78, 5) is 30.1. The SMILES string of the molecule is COC1CCC(OCc2ccccc2-c2cnc(NC(=O)[C@H](C)NC(=O)Cc3cc(F)cc(F)c3)s2)CC1. The highest BCUT2D eigenvalue weighted by Crippen LogP contribution is 2.33. The number of hydrogen-bond acceptors (Lipinski definition) is 6. The van der Waals surface area contributed by atoms with Crippen LogP contribution >= 0.6 is 11.3 Å². The molecule has 4 rings (SSSR count). The molecule has 2 amide bonds. The number of nitrogens with one attached hydrogen (secondary N) is 2. The second-order valence-corrected chi connectivity index (χ2v) is 10.4. The summed E-state index contributed by atoms with van der Waals surface area (Å²) < 4.78 is 38.4. The molecule has 1 aliphatic rings. The van der Waals surface area contributed by atoms with E-state index in [0.29, 0.717) is 17.8 Å². The summed E-state index contributed by atoms with van der Waals surface area (Å²) in [6.45, 7) is 2.01. The van der Waals surface area contributed by atoms with Crippen molar-refractivity contribution in [2.24, 2.45) is 0 Å². The first-order chi connectivity index (χ1) is 18.3. The van der Waals surface area contributed by atoms with Crippen molar-refractivity contribution in [2.75, 3.05) is 12.4 Å². The second-order valence-electron chi connectivity index (χ2n) is 9.37. The number of ether oxygens (including phenoxy) is 2. The van der Waals surface area contributed by atoms with E-state index in [-0.39, 0.29) is 18.1 Å². The van der Waals surface area contributed by atoms with E-state index in [1.807, 2.05) is 24.3 Å². The molecule has 3 aromatic rings. The maximum absolute atomic E-state index is 13.4. The normalized spacial score (nSPS) is 18.1. The number of amides is 2. The second kappa shape index (κ2) is 13.0. The number of hydrogen-bond donors (Lipinski definition) is 2. The Morgan fingerprint density at radius 3 is 2.47 bits per heavy atom. The van der Waals surface area contributed by atoms with Gasteiger partial charge in [0.2, 0.25) is 11.8 Å². The number of nitrogens with zero attached hydrogens (tertiary/aromatic N) is 1. The molecule has 7 nitrogen and oxygen atoms in total. The summed E-state index contributed by atoms with van der Waals surface area (Å²) in [6, 6.07) is 9.96. The predicted octanol–water partition coefficient (Wildman–Crippen LogP) is 5.25. The van der Waals surface area contributed by atoms with Gasteiger partial charge in [-0.05, 0) is 61.4 Å². The molecular formula is C28H31F2N3O4S. The first-order valence-electron chi connectivity index (χ1n) is 12.5. The maximum Gasteiger partial charge on any atom is 0.248 e. The van der Waals surface area contributed by atoms with Crippen LogP contribution in [0.4, 0.5) is 13.9 Å². The van der Waals surface area contributed by atoms with Crippen molar-refractivity contribution < 1.29 is 27.8 Å². The highest BCUT2D eigenvalue weighted by molar-refractivity contribution is 7.19. The molecule has 0 unspecified atom stereocenters. The van der Waals surface area contributed by atoms with E-state index in [9.17, 15) is 18.4 Å².